The second-order valence-electron chi connectivity index (χ2n) is 8.98. The highest BCUT2D eigenvalue weighted by Gasteiger charge is 2.47. The van der Waals surface area contributed by atoms with E-state index in [-0.39, 0.29) is 11.8 Å². The number of methoxy groups -OCH3 is 1. The van der Waals surface area contributed by atoms with Gasteiger partial charge >= 0.3 is 0 Å². The van der Waals surface area contributed by atoms with E-state index >= 15 is 0 Å². The first-order valence-corrected chi connectivity index (χ1v) is 11.2. The molecule has 34 heavy (non-hydrogen) atoms. The maximum atomic E-state index is 13.4. The molecule has 172 valence electrons. The molecule has 1 N–H and O–H groups in total. The van der Waals surface area contributed by atoms with Crippen LogP contribution >= 0.6 is 0 Å². The van der Waals surface area contributed by atoms with Gasteiger partial charge < -0.3 is 10.1 Å². The second-order valence-corrected chi connectivity index (χ2v) is 8.98. The lowest BCUT2D eigenvalue weighted by molar-refractivity contribution is -0.120. The summed E-state index contributed by atoms with van der Waals surface area (Å²) in [5, 5.41) is 7.50. The predicted molar refractivity (Wildman–Crippen MR) is 122 cm³/mol. The molecule has 3 fully saturated rings. The summed E-state index contributed by atoms with van der Waals surface area (Å²) in [6, 6.07) is 4.65. The lowest BCUT2D eigenvalue weighted by Gasteiger charge is -2.24. The number of nitrogens with one attached hydrogen (secondary N) is 1. The van der Waals surface area contributed by atoms with Crippen LogP contribution < -0.4 is 10.1 Å². The molecule has 3 aliphatic rings. The molecule has 0 aromatic carbocycles. The van der Waals surface area contributed by atoms with E-state index in [1.54, 1.807) is 30.1 Å². The number of aryl methyl sites for hydroxylation is 1. The molecule has 3 saturated carbocycles. The van der Waals surface area contributed by atoms with Crippen molar-refractivity contribution in [2.24, 2.45) is 24.8 Å². The van der Waals surface area contributed by atoms with Gasteiger partial charge in [0.15, 0.2) is 11.6 Å². The van der Waals surface area contributed by atoms with E-state index in [2.05, 4.69) is 25.4 Å². The quantitative estimate of drug-likeness (QED) is 0.486. The van der Waals surface area contributed by atoms with Crippen molar-refractivity contribution in [3.63, 3.8) is 0 Å². The van der Waals surface area contributed by atoms with Gasteiger partial charge in [-0.15, -0.1) is 0 Å². The highest BCUT2D eigenvalue weighted by molar-refractivity contribution is 5.98. The van der Waals surface area contributed by atoms with Crippen molar-refractivity contribution in [1.82, 2.24) is 29.7 Å². The molecule has 1 atom stereocenters. The van der Waals surface area contributed by atoms with Gasteiger partial charge in [0, 0.05) is 25.2 Å². The summed E-state index contributed by atoms with van der Waals surface area (Å²) < 4.78 is 20.6. The van der Waals surface area contributed by atoms with E-state index in [0.717, 1.165) is 25.5 Å². The van der Waals surface area contributed by atoms with E-state index in [9.17, 15) is 9.18 Å². The van der Waals surface area contributed by atoms with Gasteiger partial charge in [-0.25, -0.2) is 19.3 Å². The monoisotopic (exact) mass is 459 g/mol. The molecule has 3 aliphatic carbocycles. The summed E-state index contributed by atoms with van der Waals surface area (Å²) in [6.45, 7) is 0. The summed E-state index contributed by atoms with van der Waals surface area (Å²) in [6.07, 6.45) is 7.61. The van der Waals surface area contributed by atoms with Gasteiger partial charge in [-0.05, 0) is 43.2 Å². The van der Waals surface area contributed by atoms with Crippen molar-refractivity contribution < 1.29 is 13.9 Å². The zero-order valence-electron chi connectivity index (χ0n) is 18.7. The fourth-order valence-electron chi connectivity index (χ4n) is 5.17. The summed E-state index contributed by atoms with van der Waals surface area (Å²) in [4.78, 5) is 30.7. The van der Waals surface area contributed by atoms with Crippen molar-refractivity contribution in [1.29, 1.82) is 0 Å². The van der Waals surface area contributed by atoms with E-state index in [0.29, 0.717) is 57.1 Å². The van der Waals surface area contributed by atoms with Gasteiger partial charge in [0.05, 0.1) is 30.1 Å². The van der Waals surface area contributed by atoms with Gasteiger partial charge in [0.1, 0.15) is 29.0 Å². The van der Waals surface area contributed by atoms with Crippen LogP contribution in [0, 0.1) is 23.6 Å². The summed E-state index contributed by atoms with van der Waals surface area (Å²) in [5.41, 5.74) is 3.29. The Kier molecular flexibility index (Phi) is 4.75. The Morgan fingerprint density at radius 3 is 2.74 bits per heavy atom. The Balaban J connectivity index is 1.45. The molecule has 1 amide bonds. The van der Waals surface area contributed by atoms with Crippen LogP contribution in [0.15, 0.2) is 36.9 Å². The third-order valence-electron chi connectivity index (χ3n) is 6.86. The van der Waals surface area contributed by atoms with Crippen LogP contribution in [0.25, 0.3) is 33.7 Å². The first-order chi connectivity index (χ1) is 16.5. The Morgan fingerprint density at radius 1 is 1.18 bits per heavy atom. The number of ether oxygens (including phenoxy) is 1. The van der Waals surface area contributed by atoms with E-state index < -0.39 is 5.82 Å². The number of amides is 1. The van der Waals surface area contributed by atoms with Crippen LogP contribution in [-0.4, -0.2) is 42.7 Å². The van der Waals surface area contributed by atoms with E-state index in [1.165, 1.54) is 19.5 Å². The number of rotatable bonds is 5. The highest BCUT2D eigenvalue weighted by Crippen LogP contribution is 2.52. The molecular formula is C24H22FN7O2. The Bertz CT molecular complexity index is 1410. The zero-order chi connectivity index (χ0) is 23.4. The van der Waals surface area contributed by atoms with Crippen molar-refractivity contribution in [3.05, 3.63) is 42.7 Å². The number of halogens is 1. The largest absolute Gasteiger partial charge is 0.493 e. The lowest BCUT2D eigenvalue weighted by Crippen LogP contribution is -2.26. The maximum absolute atomic E-state index is 13.4. The van der Waals surface area contributed by atoms with Gasteiger partial charge in [-0.2, -0.15) is 5.10 Å². The van der Waals surface area contributed by atoms with Gasteiger partial charge in [0.2, 0.25) is 5.91 Å². The third kappa shape index (κ3) is 3.37. The van der Waals surface area contributed by atoms with Crippen LogP contribution in [0.2, 0.25) is 0 Å². The summed E-state index contributed by atoms with van der Waals surface area (Å²) in [5.74, 6) is 1.49. The number of anilines is 1. The van der Waals surface area contributed by atoms with Crippen molar-refractivity contribution in [3.8, 4) is 28.4 Å². The molecule has 0 aliphatic heterocycles. The minimum Gasteiger partial charge on any atom is -0.493 e. The Morgan fingerprint density at radius 2 is 2.03 bits per heavy atom. The fraction of sp³-hybridized carbons (Fsp3) is 0.333. The van der Waals surface area contributed by atoms with E-state index in [1.807, 2.05) is 0 Å². The van der Waals surface area contributed by atoms with E-state index in [4.69, 9.17) is 9.72 Å². The smallest absolute Gasteiger partial charge is 0.229 e. The van der Waals surface area contributed by atoms with Crippen LogP contribution in [0.3, 0.4) is 0 Å². The van der Waals surface area contributed by atoms with Crippen molar-refractivity contribution in [2.45, 2.75) is 19.3 Å². The molecular weight excluding hydrogens is 437 g/mol. The van der Waals surface area contributed by atoms with Gasteiger partial charge in [0.25, 0.3) is 0 Å². The first kappa shape index (κ1) is 20.6. The average molecular weight is 459 g/mol. The molecule has 4 heterocycles. The number of aromatic nitrogens is 6. The number of carbonyl (C=O) groups excluding carboxylic acids is 1. The highest BCUT2D eigenvalue weighted by atomic mass is 19.1. The van der Waals surface area contributed by atoms with Crippen LogP contribution in [0.4, 0.5) is 10.2 Å². The Labute approximate surface area is 194 Å². The molecule has 9 nitrogen and oxygen atoms in total. The standard InChI is InChI=1S/C24H22FN7O2/c1-32-10-16(20(31-32)17-4-3-14(25)9-26-17)21-22-18(27-11-28-21)8-19(34-2)23(29-22)30-24(33)15-7-12-5-13(15)6-12/h3-4,8-13,15H,5-7H2,1-2H3,(H,29,30,33). The van der Waals surface area contributed by atoms with Crippen LogP contribution in [0.5, 0.6) is 5.75 Å². The van der Waals surface area contributed by atoms with Crippen LogP contribution in [0.1, 0.15) is 19.3 Å². The van der Waals surface area contributed by atoms with Crippen LogP contribution in [-0.2, 0) is 11.8 Å². The number of nitrogens with zero attached hydrogens (tertiary/aromatic N) is 6. The number of pyridine rings is 2. The summed E-state index contributed by atoms with van der Waals surface area (Å²) >= 11 is 0. The molecule has 4 aromatic heterocycles. The van der Waals surface area contributed by atoms with Gasteiger partial charge in [-0.3, -0.25) is 14.5 Å². The van der Waals surface area contributed by atoms with Crippen molar-refractivity contribution >= 4 is 22.8 Å². The normalized spacial score (nSPS) is 20.9. The lowest BCUT2D eigenvalue weighted by atomic mass is 9.82. The van der Waals surface area contributed by atoms with Gasteiger partial charge in [-0.1, -0.05) is 0 Å². The Hall–Kier alpha value is -3.95. The third-order valence-corrected chi connectivity index (χ3v) is 6.86. The molecule has 1 unspecified atom stereocenters. The number of fused-ring (bicyclic) bond motifs is 2. The molecule has 2 bridgehead atoms. The minimum atomic E-state index is -0.428. The maximum Gasteiger partial charge on any atom is 0.229 e. The molecule has 0 spiro atoms. The summed E-state index contributed by atoms with van der Waals surface area (Å²) in [7, 11) is 3.32. The number of carbonyl (C=O) groups is 1. The molecule has 7 rings (SSSR count). The molecule has 0 radical (unpaired) electrons. The molecule has 10 heteroatoms. The first-order valence-electron chi connectivity index (χ1n) is 11.2. The number of hydrogen-bond donors (Lipinski definition) is 1. The average Bonchev–Trinajstić information content (AvgIpc) is 3.53. The minimum absolute atomic E-state index is 0.0215. The zero-order valence-corrected chi connectivity index (χ0v) is 18.7. The topological polar surface area (TPSA) is 108 Å². The predicted octanol–water partition coefficient (Wildman–Crippen LogP) is 3.62. The van der Waals surface area contributed by atoms with Crippen molar-refractivity contribution in [2.75, 3.05) is 12.4 Å². The second kappa shape index (κ2) is 7.82. The fourth-order valence-corrected chi connectivity index (χ4v) is 5.17. The molecule has 4 aromatic rings. The SMILES string of the molecule is COc1cc2ncnc(-c3cn(C)nc3-c3ccc(F)cn3)c2nc1NC(=O)C1CC2CC1C2. The number of hydrogen-bond acceptors (Lipinski definition) is 7. The molecule has 0 saturated heterocycles.